The number of aromatic nitrogens is 2. The summed E-state index contributed by atoms with van der Waals surface area (Å²) in [7, 11) is 0. The van der Waals surface area contributed by atoms with Gasteiger partial charge in [0, 0.05) is 12.5 Å². The number of carbonyl (C=O) groups excluding carboxylic acids is 1. The van der Waals surface area contributed by atoms with Gasteiger partial charge in [-0.3, -0.25) is 10.1 Å². The number of carbonyl (C=O) groups is 1. The minimum absolute atomic E-state index is 0.0489. The van der Waals surface area contributed by atoms with Gasteiger partial charge in [-0.25, -0.2) is 4.98 Å². The molecule has 0 radical (unpaired) electrons. The molecule has 0 bridgehead atoms. The lowest BCUT2D eigenvalue weighted by Gasteiger charge is -2.29. The Kier molecular flexibility index (Phi) is 4.82. The minimum atomic E-state index is -0.998. The summed E-state index contributed by atoms with van der Waals surface area (Å²) in [5.74, 6) is 0.501. The molecule has 0 unspecified atom stereocenters. The molecule has 0 atom stereocenters. The van der Waals surface area contributed by atoms with Crippen LogP contribution in [-0.4, -0.2) is 20.6 Å². The Morgan fingerprint density at radius 3 is 2.46 bits per heavy atom. The number of benzene rings is 1. The third kappa shape index (κ3) is 3.89. The van der Waals surface area contributed by atoms with E-state index in [1.807, 2.05) is 26.8 Å². The van der Waals surface area contributed by atoms with Crippen molar-refractivity contribution in [2.45, 2.75) is 71.9 Å². The number of hydrogen-bond acceptors (Lipinski definition) is 3. The Balaban J connectivity index is 2.08. The molecule has 5 nitrogen and oxygen atoms in total. The van der Waals surface area contributed by atoms with Crippen LogP contribution < -0.4 is 5.32 Å². The van der Waals surface area contributed by atoms with E-state index in [4.69, 9.17) is 11.6 Å². The zero-order chi connectivity index (χ0) is 19.3. The van der Waals surface area contributed by atoms with Crippen molar-refractivity contribution in [1.29, 1.82) is 0 Å². The average molecular weight is 378 g/mol. The summed E-state index contributed by atoms with van der Waals surface area (Å²) in [5, 5.41) is 13.9. The topological polar surface area (TPSA) is 67.2 Å². The maximum atomic E-state index is 12.5. The van der Waals surface area contributed by atoms with Gasteiger partial charge in [0.1, 0.15) is 5.52 Å². The van der Waals surface area contributed by atoms with Crippen molar-refractivity contribution >= 4 is 34.5 Å². The molecule has 1 aromatic heterocycles. The Morgan fingerprint density at radius 2 is 1.96 bits per heavy atom. The van der Waals surface area contributed by atoms with E-state index in [1.54, 1.807) is 19.9 Å². The third-order valence-corrected chi connectivity index (χ3v) is 5.13. The predicted molar refractivity (Wildman–Crippen MR) is 106 cm³/mol. The number of nitrogens with zero attached hydrogens (tertiary/aromatic N) is 2. The molecule has 0 spiro atoms. The fourth-order valence-corrected chi connectivity index (χ4v) is 3.52. The maximum Gasteiger partial charge on any atom is 0.227 e. The molecule has 26 heavy (non-hydrogen) atoms. The van der Waals surface area contributed by atoms with E-state index >= 15 is 0 Å². The van der Waals surface area contributed by atoms with Crippen molar-refractivity contribution in [1.82, 2.24) is 9.55 Å². The average Bonchev–Trinajstić information content (AvgIpc) is 2.73. The number of amides is 1. The lowest BCUT2D eigenvalue weighted by atomic mass is 9.92. The van der Waals surface area contributed by atoms with Gasteiger partial charge in [-0.15, -0.1) is 0 Å². The molecule has 142 valence electrons. The molecule has 1 saturated carbocycles. The number of aliphatic hydroxyl groups is 1. The summed E-state index contributed by atoms with van der Waals surface area (Å²) in [5.41, 5.74) is 1.18. The largest absolute Gasteiger partial charge is 0.386 e. The first-order valence-corrected chi connectivity index (χ1v) is 9.58. The number of hydrogen-bond donors (Lipinski definition) is 2. The van der Waals surface area contributed by atoms with Crippen molar-refractivity contribution in [2.24, 2.45) is 5.41 Å². The van der Waals surface area contributed by atoms with E-state index in [1.165, 1.54) is 6.42 Å². The van der Waals surface area contributed by atoms with Crippen molar-refractivity contribution in [3.8, 4) is 0 Å². The smallest absolute Gasteiger partial charge is 0.227 e. The van der Waals surface area contributed by atoms with Crippen LogP contribution in [0.2, 0.25) is 5.02 Å². The maximum absolute atomic E-state index is 12.5. The van der Waals surface area contributed by atoms with Crippen LogP contribution >= 0.6 is 11.6 Å². The highest BCUT2D eigenvalue weighted by atomic mass is 35.5. The van der Waals surface area contributed by atoms with Crippen molar-refractivity contribution in [3.05, 3.63) is 22.7 Å². The Morgan fingerprint density at radius 1 is 1.31 bits per heavy atom. The number of halogens is 1. The van der Waals surface area contributed by atoms with Crippen molar-refractivity contribution in [2.75, 3.05) is 5.32 Å². The van der Waals surface area contributed by atoms with Gasteiger partial charge in [-0.2, -0.15) is 0 Å². The van der Waals surface area contributed by atoms with E-state index in [2.05, 4.69) is 14.9 Å². The van der Waals surface area contributed by atoms with Crippen LogP contribution in [0.5, 0.6) is 0 Å². The van der Waals surface area contributed by atoms with Gasteiger partial charge >= 0.3 is 0 Å². The molecule has 6 heteroatoms. The zero-order valence-electron chi connectivity index (χ0n) is 16.2. The second kappa shape index (κ2) is 6.54. The van der Waals surface area contributed by atoms with Gasteiger partial charge in [0.25, 0.3) is 0 Å². The SMILES string of the molecule is CC(C)(C)CC(=O)Nc1nc2c(Cl)cc(C(C)(C)O)cc2n1C1CCC1. The highest BCUT2D eigenvalue weighted by Crippen LogP contribution is 2.40. The van der Waals surface area contributed by atoms with Crippen molar-refractivity contribution in [3.63, 3.8) is 0 Å². The normalized spacial score (nSPS) is 16.0. The van der Waals surface area contributed by atoms with E-state index < -0.39 is 5.60 Å². The summed E-state index contributed by atoms with van der Waals surface area (Å²) in [6.45, 7) is 9.58. The number of anilines is 1. The molecular formula is C20H28ClN3O2. The van der Waals surface area contributed by atoms with Gasteiger partial charge in [-0.1, -0.05) is 32.4 Å². The van der Waals surface area contributed by atoms with Crippen LogP contribution in [-0.2, 0) is 10.4 Å². The van der Waals surface area contributed by atoms with E-state index in [0.717, 1.165) is 23.9 Å². The molecule has 0 saturated heterocycles. The van der Waals surface area contributed by atoms with Crippen molar-refractivity contribution < 1.29 is 9.90 Å². The highest BCUT2D eigenvalue weighted by Gasteiger charge is 2.28. The van der Waals surface area contributed by atoms with Crippen LogP contribution in [0.25, 0.3) is 11.0 Å². The molecule has 0 aliphatic heterocycles. The summed E-state index contributed by atoms with van der Waals surface area (Å²) in [6, 6.07) is 3.99. The lowest BCUT2D eigenvalue weighted by Crippen LogP contribution is -2.24. The third-order valence-electron chi connectivity index (χ3n) is 4.84. The van der Waals surface area contributed by atoms with E-state index in [-0.39, 0.29) is 11.3 Å². The second-order valence-electron chi connectivity index (χ2n) is 9.06. The first kappa shape index (κ1) is 19.2. The Hall–Kier alpha value is -1.59. The van der Waals surface area contributed by atoms with Gasteiger partial charge in [0.05, 0.1) is 16.1 Å². The van der Waals surface area contributed by atoms with Crippen LogP contribution in [0.3, 0.4) is 0 Å². The molecule has 1 fully saturated rings. The standard InChI is InChI=1S/C20H28ClN3O2/c1-19(2,3)11-16(25)22-18-23-17-14(21)9-12(20(4,5)26)10-15(17)24(18)13-7-6-8-13/h9-10,13,26H,6-8,11H2,1-5H3,(H,22,23,25). The van der Waals surface area contributed by atoms with E-state index in [9.17, 15) is 9.90 Å². The van der Waals surface area contributed by atoms with Gasteiger partial charge in [0.15, 0.2) is 0 Å². The van der Waals surface area contributed by atoms with Crippen LogP contribution in [0.1, 0.15) is 71.9 Å². The molecule has 1 heterocycles. The molecule has 1 amide bonds. The number of rotatable bonds is 4. The highest BCUT2D eigenvalue weighted by molar-refractivity contribution is 6.35. The summed E-state index contributed by atoms with van der Waals surface area (Å²) in [4.78, 5) is 17.1. The zero-order valence-corrected chi connectivity index (χ0v) is 16.9. The van der Waals surface area contributed by atoms with Gasteiger partial charge in [-0.05, 0) is 56.2 Å². The van der Waals surface area contributed by atoms with Gasteiger partial charge < -0.3 is 9.67 Å². The quantitative estimate of drug-likeness (QED) is 0.786. The van der Waals surface area contributed by atoms with E-state index in [0.29, 0.717) is 29.0 Å². The molecule has 1 aliphatic carbocycles. The van der Waals surface area contributed by atoms with Crippen LogP contribution in [0.4, 0.5) is 5.95 Å². The molecule has 2 N–H and O–H groups in total. The monoisotopic (exact) mass is 377 g/mol. The summed E-state index contributed by atoms with van der Waals surface area (Å²) < 4.78 is 2.08. The number of imidazole rings is 1. The fourth-order valence-electron chi connectivity index (χ4n) is 3.26. The lowest BCUT2D eigenvalue weighted by molar-refractivity contribution is -0.117. The second-order valence-corrected chi connectivity index (χ2v) is 9.47. The first-order chi connectivity index (χ1) is 12.0. The molecule has 3 rings (SSSR count). The predicted octanol–water partition coefficient (Wildman–Crippen LogP) is 5.02. The first-order valence-electron chi connectivity index (χ1n) is 9.20. The molecule has 1 aliphatic rings. The van der Waals surface area contributed by atoms with Crippen LogP contribution in [0.15, 0.2) is 12.1 Å². The number of fused-ring (bicyclic) bond motifs is 1. The Labute approximate surface area is 159 Å². The fraction of sp³-hybridized carbons (Fsp3) is 0.600. The summed E-state index contributed by atoms with van der Waals surface area (Å²) in [6.07, 6.45) is 3.69. The van der Waals surface area contributed by atoms with Gasteiger partial charge in [0.2, 0.25) is 11.9 Å². The molecular weight excluding hydrogens is 350 g/mol. The van der Waals surface area contributed by atoms with Crippen LogP contribution in [0, 0.1) is 5.41 Å². The Bertz CT molecular complexity index is 839. The summed E-state index contributed by atoms with van der Waals surface area (Å²) >= 11 is 6.46. The minimum Gasteiger partial charge on any atom is -0.386 e. The number of nitrogens with one attached hydrogen (secondary N) is 1. The molecule has 2 aromatic rings. The molecule has 1 aromatic carbocycles.